The van der Waals surface area contributed by atoms with Gasteiger partial charge in [0.2, 0.25) is 0 Å². The second-order valence-corrected chi connectivity index (χ2v) is 10.5. The summed E-state index contributed by atoms with van der Waals surface area (Å²) in [6.45, 7) is 2.46. The number of fused-ring (bicyclic) bond motifs is 5. The van der Waals surface area contributed by atoms with Gasteiger partial charge in [-0.2, -0.15) is 0 Å². The number of hydrogen-bond donors (Lipinski definition) is 4. The van der Waals surface area contributed by atoms with Crippen molar-refractivity contribution in [2.75, 3.05) is 0 Å². The monoisotopic (exact) mass is 480 g/mol. The topological polar surface area (TPSA) is 95.4 Å². The SMILES string of the molecule is CCC(N)NCc1nc2c(F)cc(C#Cc3ccc4c(c3)CCc3nc([C@@H]5C[C@H]6CC65)[nH]c3-4)cc2[nH]1. The van der Waals surface area contributed by atoms with E-state index in [4.69, 9.17) is 10.7 Å². The third-order valence-electron chi connectivity index (χ3n) is 8.12. The molecule has 36 heavy (non-hydrogen) atoms. The van der Waals surface area contributed by atoms with Gasteiger partial charge in [-0.05, 0) is 73.8 Å². The first kappa shape index (κ1) is 21.8. The Morgan fingerprint density at radius 3 is 2.81 bits per heavy atom. The van der Waals surface area contributed by atoms with Gasteiger partial charge < -0.3 is 15.7 Å². The predicted octanol–water partition coefficient (Wildman–Crippen LogP) is 4.50. The number of aromatic nitrogens is 4. The molecule has 4 aromatic rings. The quantitative estimate of drug-likeness (QED) is 0.250. The average Bonchev–Trinajstić information content (AvgIpc) is 3.21. The number of nitrogens with zero attached hydrogens (tertiary/aromatic N) is 2. The Bertz CT molecular complexity index is 1550. The average molecular weight is 481 g/mol. The summed E-state index contributed by atoms with van der Waals surface area (Å²) in [5.41, 5.74) is 13.3. The highest BCUT2D eigenvalue weighted by molar-refractivity contribution is 5.78. The molecular weight excluding hydrogens is 451 g/mol. The molecule has 5 N–H and O–H groups in total. The standard InChI is InChI=1S/C29H29FN6/c1-2-25(31)32-14-26-33-24-11-16(10-22(30)28(24)35-26)4-3-15-5-7-19-17(9-15)6-8-23-27(19)36-29(34-23)21-13-18-12-20(18)21/h5,7,9-11,18,20-21,25,32H,2,6,8,12-14,31H2,1H3,(H,33,35)(H,34,36)/t18-,20?,21-,25?/m1/s1. The van der Waals surface area contributed by atoms with Crippen molar-refractivity contribution >= 4 is 11.0 Å². The van der Waals surface area contributed by atoms with Crippen LogP contribution in [-0.2, 0) is 19.4 Å². The summed E-state index contributed by atoms with van der Waals surface area (Å²) in [5.74, 6) is 10.3. The minimum absolute atomic E-state index is 0.115. The molecule has 0 spiro atoms. The van der Waals surface area contributed by atoms with Crippen LogP contribution >= 0.6 is 0 Å². The summed E-state index contributed by atoms with van der Waals surface area (Å²) in [5, 5.41) is 3.17. The number of nitrogens with two attached hydrogens (primary N) is 1. The number of H-pyrrole nitrogens is 2. The Morgan fingerprint density at radius 1 is 1.11 bits per heavy atom. The van der Waals surface area contributed by atoms with Crippen LogP contribution < -0.4 is 11.1 Å². The van der Waals surface area contributed by atoms with Gasteiger partial charge in [0.05, 0.1) is 29.6 Å². The Balaban J connectivity index is 1.12. The molecule has 2 fully saturated rings. The van der Waals surface area contributed by atoms with Crippen LogP contribution in [0.25, 0.3) is 22.3 Å². The fraction of sp³-hybridized carbons (Fsp3) is 0.379. The van der Waals surface area contributed by atoms with E-state index in [1.165, 1.54) is 47.2 Å². The lowest BCUT2D eigenvalue weighted by Gasteiger charge is -2.22. The summed E-state index contributed by atoms with van der Waals surface area (Å²) in [6, 6.07) is 9.67. The zero-order chi connectivity index (χ0) is 24.4. The van der Waals surface area contributed by atoms with E-state index in [1.807, 2.05) is 19.1 Å². The van der Waals surface area contributed by atoms with Gasteiger partial charge in [-0.25, -0.2) is 14.4 Å². The van der Waals surface area contributed by atoms with Crippen molar-refractivity contribution in [3.05, 3.63) is 70.2 Å². The van der Waals surface area contributed by atoms with E-state index in [9.17, 15) is 4.39 Å². The molecule has 0 radical (unpaired) electrons. The van der Waals surface area contributed by atoms with Crippen molar-refractivity contribution in [3.8, 4) is 23.1 Å². The molecule has 2 unspecified atom stereocenters. The minimum Gasteiger partial charge on any atom is -0.342 e. The van der Waals surface area contributed by atoms with E-state index < -0.39 is 0 Å². The molecule has 182 valence electrons. The number of aromatic amines is 2. The van der Waals surface area contributed by atoms with Crippen LogP contribution in [0.1, 0.15) is 66.1 Å². The molecule has 0 saturated heterocycles. The molecule has 2 heterocycles. The Hall–Kier alpha value is -3.47. The number of nitrogens with one attached hydrogen (secondary N) is 3. The van der Waals surface area contributed by atoms with Crippen molar-refractivity contribution < 1.29 is 4.39 Å². The molecule has 0 aliphatic heterocycles. The smallest absolute Gasteiger partial charge is 0.152 e. The van der Waals surface area contributed by atoms with E-state index in [0.717, 1.165) is 36.7 Å². The van der Waals surface area contributed by atoms with E-state index in [1.54, 1.807) is 0 Å². The highest BCUT2D eigenvalue weighted by Crippen LogP contribution is 2.63. The molecule has 7 rings (SSSR count). The largest absolute Gasteiger partial charge is 0.342 e. The molecular formula is C29H29FN6. The first-order valence-corrected chi connectivity index (χ1v) is 13.0. The molecule has 4 atom stereocenters. The van der Waals surface area contributed by atoms with Gasteiger partial charge in [0, 0.05) is 22.6 Å². The highest BCUT2D eigenvalue weighted by Gasteiger charge is 2.55. The van der Waals surface area contributed by atoms with Crippen molar-refractivity contribution in [3.63, 3.8) is 0 Å². The lowest BCUT2D eigenvalue weighted by molar-refractivity contribution is 0.374. The van der Waals surface area contributed by atoms with Crippen LogP contribution in [0.4, 0.5) is 4.39 Å². The van der Waals surface area contributed by atoms with Crippen molar-refractivity contribution in [1.29, 1.82) is 0 Å². The molecule has 2 saturated carbocycles. The normalized spacial score (nSPS) is 22.1. The van der Waals surface area contributed by atoms with Crippen LogP contribution in [-0.4, -0.2) is 26.1 Å². The lowest BCUT2D eigenvalue weighted by Crippen LogP contribution is -2.36. The second-order valence-electron chi connectivity index (χ2n) is 10.5. The van der Waals surface area contributed by atoms with Gasteiger partial charge in [0.15, 0.2) is 5.82 Å². The third kappa shape index (κ3) is 3.73. The number of aryl methyl sites for hydroxylation is 2. The third-order valence-corrected chi connectivity index (χ3v) is 8.12. The van der Waals surface area contributed by atoms with Crippen molar-refractivity contribution in [1.82, 2.24) is 25.3 Å². The van der Waals surface area contributed by atoms with E-state index >= 15 is 0 Å². The maximum Gasteiger partial charge on any atom is 0.152 e. The van der Waals surface area contributed by atoms with Crippen LogP contribution in [0, 0.1) is 29.5 Å². The zero-order valence-electron chi connectivity index (χ0n) is 20.3. The van der Waals surface area contributed by atoms with E-state index in [2.05, 4.69) is 44.2 Å². The Kier molecular flexibility index (Phi) is 5.02. The lowest BCUT2D eigenvalue weighted by atomic mass is 9.85. The number of halogens is 1. The van der Waals surface area contributed by atoms with Crippen molar-refractivity contribution in [2.24, 2.45) is 17.6 Å². The Morgan fingerprint density at radius 2 is 2.00 bits per heavy atom. The predicted molar refractivity (Wildman–Crippen MR) is 138 cm³/mol. The van der Waals surface area contributed by atoms with Gasteiger partial charge in [-0.3, -0.25) is 5.32 Å². The first-order chi connectivity index (χ1) is 17.6. The number of benzene rings is 2. The minimum atomic E-state index is -0.379. The van der Waals surface area contributed by atoms with Gasteiger partial charge in [0.25, 0.3) is 0 Å². The summed E-state index contributed by atoms with van der Waals surface area (Å²) < 4.78 is 14.7. The zero-order valence-corrected chi connectivity index (χ0v) is 20.3. The van der Waals surface area contributed by atoms with Crippen LogP contribution in [0.2, 0.25) is 0 Å². The fourth-order valence-corrected chi connectivity index (χ4v) is 5.84. The number of rotatable bonds is 5. The van der Waals surface area contributed by atoms with Crippen molar-refractivity contribution in [2.45, 2.75) is 57.7 Å². The Labute approximate surface area is 209 Å². The molecule has 3 aliphatic rings. The fourth-order valence-electron chi connectivity index (χ4n) is 5.84. The molecule has 3 aliphatic carbocycles. The van der Waals surface area contributed by atoms with Crippen LogP contribution in [0.5, 0.6) is 0 Å². The van der Waals surface area contributed by atoms with Gasteiger partial charge >= 0.3 is 0 Å². The molecule has 7 heteroatoms. The van der Waals surface area contributed by atoms with E-state index in [-0.39, 0.29) is 12.0 Å². The molecule has 0 bridgehead atoms. The first-order valence-electron chi connectivity index (χ1n) is 13.0. The molecule has 6 nitrogen and oxygen atoms in total. The molecule has 2 aromatic carbocycles. The van der Waals surface area contributed by atoms with Gasteiger partial charge in [0.1, 0.15) is 17.2 Å². The summed E-state index contributed by atoms with van der Waals surface area (Å²) >= 11 is 0. The van der Waals surface area contributed by atoms with E-state index in [0.29, 0.717) is 34.9 Å². The van der Waals surface area contributed by atoms with Crippen LogP contribution in [0.3, 0.4) is 0 Å². The summed E-state index contributed by atoms with van der Waals surface area (Å²) in [7, 11) is 0. The molecule has 0 amide bonds. The highest BCUT2D eigenvalue weighted by atomic mass is 19.1. The van der Waals surface area contributed by atoms with Gasteiger partial charge in [-0.1, -0.05) is 24.8 Å². The second kappa shape index (κ2) is 8.29. The summed E-state index contributed by atoms with van der Waals surface area (Å²) in [6.07, 6.45) is 5.30. The number of imidazole rings is 2. The maximum absolute atomic E-state index is 14.7. The van der Waals surface area contributed by atoms with Gasteiger partial charge in [-0.15, -0.1) is 0 Å². The number of hydrogen-bond acceptors (Lipinski definition) is 4. The molecule has 2 aromatic heterocycles. The maximum atomic E-state index is 14.7. The van der Waals surface area contributed by atoms with Crippen LogP contribution in [0.15, 0.2) is 30.3 Å². The summed E-state index contributed by atoms with van der Waals surface area (Å²) in [4.78, 5) is 16.2.